The summed E-state index contributed by atoms with van der Waals surface area (Å²) in [5.74, 6) is -1.73. The molecule has 0 aliphatic heterocycles. The van der Waals surface area contributed by atoms with Crippen molar-refractivity contribution >= 4 is 11.9 Å². The van der Waals surface area contributed by atoms with Crippen molar-refractivity contribution in [3.05, 3.63) is 17.0 Å². The van der Waals surface area contributed by atoms with Crippen molar-refractivity contribution < 1.29 is 24.2 Å². The quantitative estimate of drug-likeness (QED) is 0.777. The normalized spacial score (nSPS) is 10.1. The summed E-state index contributed by atoms with van der Waals surface area (Å²) < 4.78 is 9.54. The smallest absolute Gasteiger partial charge is 0.355 e. The molecule has 0 spiro atoms. The van der Waals surface area contributed by atoms with Crippen LogP contribution in [-0.2, 0) is 9.47 Å². The van der Waals surface area contributed by atoms with E-state index in [0.717, 1.165) is 0 Å². The van der Waals surface area contributed by atoms with Crippen molar-refractivity contribution in [1.29, 1.82) is 0 Å². The number of H-pyrrole nitrogens is 1. The van der Waals surface area contributed by atoms with Crippen molar-refractivity contribution in [3.8, 4) is 5.75 Å². The number of carbonyl (C=O) groups excluding carboxylic acids is 2. The molecule has 1 aromatic heterocycles. The molecule has 17 heavy (non-hydrogen) atoms. The summed E-state index contributed by atoms with van der Waals surface area (Å²) >= 11 is 0. The number of rotatable bonds is 4. The minimum absolute atomic E-state index is 0.0831. The number of aromatic amines is 1. The Balaban J connectivity index is 3.17. The van der Waals surface area contributed by atoms with Gasteiger partial charge in [-0.1, -0.05) is 0 Å². The van der Waals surface area contributed by atoms with Crippen LogP contribution in [0.1, 0.15) is 40.4 Å². The Labute approximate surface area is 98.5 Å². The minimum Gasteiger partial charge on any atom is -0.505 e. The highest BCUT2D eigenvalue weighted by molar-refractivity contribution is 6.04. The van der Waals surface area contributed by atoms with Crippen LogP contribution in [0.15, 0.2) is 0 Å². The molecule has 2 N–H and O–H groups in total. The highest BCUT2D eigenvalue weighted by Gasteiger charge is 2.27. The lowest BCUT2D eigenvalue weighted by molar-refractivity contribution is 0.0473. The second kappa shape index (κ2) is 5.38. The number of aromatic nitrogens is 1. The molecule has 0 fully saturated rings. The van der Waals surface area contributed by atoms with E-state index in [2.05, 4.69) is 4.98 Å². The molecule has 6 nitrogen and oxygen atoms in total. The predicted octanol–water partition coefficient (Wildman–Crippen LogP) is 1.38. The second-order valence-electron chi connectivity index (χ2n) is 3.29. The molecule has 0 radical (unpaired) electrons. The maximum Gasteiger partial charge on any atom is 0.355 e. The first-order valence-corrected chi connectivity index (χ1v) is 5.28. The maximum atomic E-state index is 11.6. The number of carbonyl (C=O) groups is 2. The number of nitrogens with one attached hydrogen (secondary N) is 1. The number of aromatic hydroxyl groups is 1. The first kappa shape index (κ1) is 13.1. The molecule has 0 amide bonds. The van der Waals surface area contributed by atoms with Crippen LogP contribution in [0, 0.1) is 6.92 Å². The molecule has 0 aliphatic carbocycles. The van der Waals surface area contributed by atoms with E-state index in [1.807, 2.05) is 0 Å². The Hall–Kier alpha value is -1.98. The van der Waals surface area contributed by atoms with E-state index >= 15 is 0 Å². The zero-order chi connectivity index (χ0) is 13.0. The Kier molecular flexibility index (Phi) is 4.14. The SMILES string of the molecule is CCOC(=O)c1[nH]c(C)c(O)c1C(=O)OCC. The molecule has 0 saturated carbocycles. The Morgan fingerprint density at radius 2 is 1.71 bits per heavy atom. The van der Waals surface area contributed by atoms with Crippen molar-refractivity contribution in [2.24, 2.45) is 0 Å². The topological polar surface area (TPSA) is 88.6 Å². The molecule has 1 heterocycles. The molecule has 0 aliphatic rings. The molecule has 0 aromatic carbocycles. The van der Waals surface area contributed by atoms with Crippen LogP contribution in [0.25, 0.3) is 0 Å². The summed E-state index contributed by atoms with van der Waals surface area (Å²) in [6, 6.07) is 0. The average molecular weight is 241 g/mol. The summed E-state index contributed by atoms with van der Waals surface area (Å²) in [4.78, 5) is 25.8. The van der Waals surface area contributed by atoms with Crippen molar-refractivity contribution in [2.45, 2.75) is 20.8 Å². The molecule has 0 unspecified atom stereocenters. The van der Waals surface area contributed by atoms with Crippen LogP contribution in [0.2, 0.25) is 0 Å². The molecule has 94 valence electrons. The number of aryl methyl sites for hydroxylation is 1. The van der Waals surface area contributed by atoms with E-state index in [4.69, 9.17) is 9.47 Å². The summed E-state index contributed by atoms with van der Waals surface area (Å²) in [5, 5.41) is 9.69. The van der Waals surface area contributed by atoms with E-state index < -0.39 is 11.9 Å². The molecule has 1 aromatic rings. The lowest BCUT2D eigenvalue weighted by atomic mass is 10.2. The fourth-order valence-corrected chi connectivity index (χ4v) is 1.37. The van der Waals surface area contributed by atoms with E-state index in [-0.39, 0.29) is 30.2 Å². The third-order valence-corrected chi connectivity index (χ3v) is 2.11. The number of ether oxygens (including phenoxy) is 2. The van der Waals surface area contributed by atoms with Gasteiger partial charge in [0.15, 0.2) is 5.75 Å². The van der Waals surface area contributed by atoms with Crippen LogP contribution < -0.4 is 0 Å². The Morgan fingerprint density at radius 3 is 2.24 bits per heavy atom. The van der Waals surface area contributed by atoms with Gasteiger partial charge in [-0.05, 0) is 20.8 Å². The number of hydrogen-bond acceptors (Lipinski definition) is 5. The van der Waals surface area contributed by atoms with Crippen LogP contribution in [0.4, 0.5) is 0 Å². The van der Waals surface area contributed by atoms with E-state index in [1.165, 1.54) is 0 Å². The van der Waals surface area contributed by atoms with Crippen molar-refractivity contribution in [1.82, 2.24) is 4.98 Å². The van der Waals surface area contributed by atoms with Crippen molar-refractivity contribution in [3.63, 3.8) is 0 Å². The fraction of sp³-hybridized carbons (Fsp3) is 0.455. The van der Waals surface area contributed by atoms with Gasteiger partial charge in [0, 0.05) is 0 Å². The minimum atomic E-state index is -0.752. The van der Waals surface area contributed by atoms with Gasteiger partial charge in [0.05, 0.1) is 18.9 Å². The Morgan fingerprint density at radius 1 is 1.18 bits per heavy atom. The summed E-state index contributed by atoms with van der Waals surface area (Å²) in [6.07, 6.45) is 0. The standard InChI is InChI=1S/C11H15NO5/c1-4-16-10(14)7-8(11(15)17-5-2)12-6(3)9(7)13/h12-13H,4-5H2,1-3H3. The first-order valence-electron chi connectivity index (χ1n) is 5.28. The summed E-state index contributed by atoms with van der Waals surface area (Å²) in [5.41, 5.74) is 0.0548. The third-order valence-electron chi connectivity index (χ3n) is 2.11. The van der Waals surface area contributed by atoms with E-state index in [9.17, 15) is 14.7 Å². The monoisotopic (exact) mass is 241 g/mol. The van der Waals surface area contributed by atoms with Gasteiger partial charge in [0.1, 0.15) is 11.3 Å². The van der Waals surface area contributed by atoms with Gasteiger partial charge in [-0.3, -0.25) is 0 Å². The molecule has 0 saturated heterocycles. The predicted molar refractivity (Wildman–Crippen MR) is 59.1 cm³/mol. The van der Waals surface area contributed by atoms with Gasteiger partial charge in [0.25, 0.3) is 0 Å². The molecule has 0 atom stereocenters. The van der Waals surface area contributed by atoms with Gasteiger partial charge >= 0.3 is 11.9 Å². The lowest BCUT2D eigenvalue weighted by Crippen LogP contribution is -2.13. The Bertz CT molecular complexity index is 435. The summed E-state index contributed by atoms with van der Waals surface area (Å²) in [7, 11) is 0. The van der Waals surface area contributed by atoms with Gasteiger partial charge in [-0.15, -0.1) is 0 Å². The van der Waals surface area contributed by atoms with Crippen molar-refractivity contribution in [2.75, 3.05) is 13.2 Å². The second-order valence-corrected chi connectivity index (χ2v) is 3.29. The first-order chi connectivity index (χ1) is 8.02. The zero-order valence-electron chi connectivity index (χ0n) is 9.99. The number of hydrogen-bond donors (Lipinski definition) is 2. The van der Waals surface area contributed by atoms with Gasteiger partial charge in [-0.2, -0.15) is 0 Å². The van der Waals surface area contributed by atoms with Crippen LogP contribution >= 0.6 is 0 Å². The average Bonchev–Trinajstić information content (AvgIpc) is 2.56. The van der Waals surface area contributed by atoms with Gasteiger partial charge in [-0.25, -0.2) is 9.59 Å². The van der Waals surface area contributed by atoms with Crippen LogP contribution in [0.5, 0.6) is 5.75 Å². The van der Waals surface area contributed by atoms with Crippen LogP contribution in [-0.4, -0.2) is 35.2 Å². The highest BCUT2D eigenvalue weighted by atomic mass is 16.5. The molecule has 1 rings (SSSR count). The van der Waals surface area contributed by atoms with Crippen LogP contribution in [0.3, 0.4) is 0 Å². The highest BCUT2D eigenvalue weighted by Crippen LogP contribution is 2.26. The van der Waals surface area contributed by atoms with E-state index in [0.29, 0.717) is 5.69 Å². The molecule has 0 bridgehead atoms. The van der Waals surface area contributed by atoms with Gasteiger partial charge < -0.3 is 19.6 Å². The lowest BCUT2D eigenvalue weighted by Gasteiger charge is -2.03. The molecular weight excluding hydrogens is 226 g/mol. The largest absolute Gasteiger partial charge is 0.505 e. The summed E-state index contributed by atoms with van der Waals surface area (Å²) in [6.45, 7) is 5.17. The number of esters is 2. The third kappa shape index (κ3) is 2.58. The molecular formula is C11H15NO5. The van der Waals surface area contributed by atoms with Gasteiger partial charge in [0.2, 0.25) is 0 Å². The van der Waals surface area contributed by atoms with E-state index in [1.54, 1.807) is 20.8 Å². The fourth-order valence-electron chi connectivity index (χ4n) is 1.37. The zero-order valence-corrected chi connectivity index (χ0v) is 9.99. The maximum absolute atomic E-state index is 11.6. The molecule has 6 heteroatoms.